The van der Waals surface area contributed by atoms with Crippen molar-refractivity contribution in [1.29, 1.82) is 0 Å². The number of carbonyl (C=O) groups excluding carboxylic acids is 2. The Morgan fingerprint density at radius 2 is 1.88 bits per heavy atom. The van der Waals surface area contributed by atoms with Gasteiger partial charge in [0.25, 0.3) is 0 Å². The maximum absolute atomic E-state index is 12.1. The predicted molar refractivity (Wildman–Crippen MR) is 92.4 cm³/mol. The fraction of sp³-hybridized carbons (Fsp3) is 0.529. The summed E-state index contributed by atoms with van der Waals surface area (Å²) in [5, 5.41) is 8.13. The summed E-state index contributed by atoms with van der Waals surface area (Å²) >= 11 is 0. The van der Waals surface area contributed by atoms with Gasteiger partial charge in [0.1, 0.15) is 18.0 Å². The third-order valence-corrected chi connectivity index (χ3v) is 4.26. The van der Waals surface area contributed by atoms with E-state index in [0.29, 0.717) is 24.6 Å². The van der Waals surface area contributed by atoms with E-state index in [2.05, 4.69) is 16.0 Å². The van der Waals surface area contributed by atoms with Crippen molar-refractivity contribution in [2.24, 2.45) is 0 Å². The highest BCUT2D eigenvalue weighted by molar-refractivity contribution is 5.84. The molecule has 2 aliphatic heterocycles. The molecule has 2 aliphatic rings. The number of methoxy groups -OCH3 is 1. The number of benzene rings is 1. The second-order valence-corrected chi connectivity index (χ2v) is 6.00. The van der Waals surface area contributed by atoms with Crippen LogP contribution in [0.1, 0.15) is 6.92 Å². The average molecular weight is 365 g/mol. The molecule has 3 amide bonds. The van der Waals surface area contributed by atoms with Crippen molar-refractivity contribution in [3.63, 3.8) is 0 Å². The Bertz CT molecular complexity index is 638. The quantitative estimate of drug-likeness (QED) is 0.721. The smallest absolute Gasteiger partial charge is 0.412 e. The molecule has 3 rings (SSSR count). The maximum atomic E-state index is 12.1. The Morgan fingerprint density at radius 1 is 1.15 bits per heavy atom. The van der Waals surface area contributed by atoms with Gasteiger partial charge in [0.2, 0.25) is 0 Å². The lowest BCUT2D eigenvalue weighted by Gasteiger charge is -2.18. The lowest BCUT2D eigenvalue weighted by atomic mass is 10.1. The summed E-state index contributed by atoms with van der Waals surface area (Å²) in [6.45, 7) is 2.90. The summed E-state index contributed by atoms with van der Waals surface area (Å²) in [4.78, 5) is 23.8. The van der Waals surface area contributed by atoms with Gasteiger partial charge in [-0.3, -0.25) is 5.32 Å². The normalized spacial score (nSPS) is 26.7. The molecular formula is C17H23N3O6. The largest absolute Gasteiger partial charge is 0.497 e. The third-order valence-electron chi connectivity index (χ3n) is 4.26. The summed E-state index contributed by atoms with van der Waals surface area (Å²) in [6.07, 6.45) is -1.85. The van der Waals surface area contributed by atoms with Crippen LogP contribution in [-0.2, 0) is 14.2 Å². The van der Waals surface area contributed by atoms with Crippen LogP contribution in [0.5, 0.6) is 5.75 Å². The summed E-state index contributed by atoms with van der Waals surface area (Å²) in [7, 11) is 1.57. The molecule has 4 atom stereocenters. The lowest BCUT2D eigenvalue weighted by Crippen LogP contribution is -2.48. The zero-order valence-electron chi connectivity index (χ0n) is 14.7. The molecule has 0 unspecified atom stereocenters. The monoisotopic (exact) mass is 365 g/mol. The number of hydrogen-bond donors (Lipinski definition) is 3. The van der Waals surface area contributed by atoms with Crippen molar-refractivity contribution >= 4 is 17.8 Å². The maximum Gasteiger partial charge on any atom is 0.412 e. The van der Waals surface area contributed by atoms with E-state index in [1.165, 1.54) is 0 Å². The molecule has 0 aliphatic carbocycles. The van der Waals surface area contributed by atoms with E-state index in [4.69, 9.17) is 18.9 Å². The second-order valence-electron chi connectivity index (χ2n) is 6.00. The minimum absolute atomic E-state index is 0.221. The molecule has 0 radical (unpaired) electrons. The first-order chi connectivity index (χ1) is 12.6. The highest BCUT2D eigenvalue weighted by Crippen LogP contribution is 2.29. The van der Waals surface area contributed by atoms with Gasteiger partial charge in [0.15, 0.2) is 6.10 Å². The number of anilines is 1. The number of ether oxygens (including phenoxy) is 4. The molecule has 0 bridgehead atoms. The van der Waals surface area contributed by atoms with Crippen molar-refractivity contribution in [1.82, 2.24) is 10.6 Å². The van der Waals surface area contributed by atoms with Crippen LogP contribution >= 0.6 is 0 Å². The summed E-state index contributed by atoms with van der Waals surface area (Å²) in [6, 6.07) is 6.36. The van der Waals surface area contributed by atoms with Gasteiger partial charge in [0.05, 0.1) is 26.4 Å². The molecule has 0 aromatic heterocycles. The molecular weight excluding hydrogens is 342 g/mol. The van der Waals surface area contributed by atoms with Gasteiger partial charge in [-0.05, 0) is 31.2 Å². The number of rotatable bonds is 5. The van der Waals surface area contributed by atoms with Crippen LogP contribution in [0.25, 0.3) is 0 Å². The van der Waals surface area contributed by atoms with Gasteiger partial charge >= 0.3 is 12.1 Å². The first-order valence-electron chi connectivity index (χ1n) is 8.50. The van der Waals surface area contributed by atoms with Crippen molar-refractivity contribution in [2.75, 3.05) is 32.2 Å². The minimum Gasteiger partial charge on any atom is -0.497 e. The fourth-order valence-electron chi connectivity index (χ4n) is 3.03. The molecule has 1 aromatic rings. The van der Waals surface area contributed by atoms with Gasteiger partial charge < -0.3 is 29.6 Å². The molecule has 3 N–H and O–H groups in total. The van der Waals surface area contributed by atoms with E-state index in [9.17, 15) is 9.59 Å². The zero-order chi connectivity index (χ0) is 18.5. The SMILES string of the molecule is CCNC(=O)N[C@H]1CO[C@H]2[C@@H]1OC[C@H]2OC(=O)Nc1ccc(OC)cc1. The number of nitrogens with one attached hydrogen (secondary N) is 3. The number of amides is 3. The highest BCUT2D eigenvalue weighted by Gasteiger charge is 2.50. The Hall–Kier alpha value is -2.52. The van der Waals surface area contributed by atoms with Gasteiger partial charge in [-0.25, -0.2) is 9.59 Å². The van der Waals surface area contributed by atoms with E-state index in [0.717, 1.165) is 0 Å². The van der Waals surface area contributed by atoms with Crippen molar-refractivity contribution in [3.8, 4) is 5.75 Å². The Kier molecular flexibility index (Phi) is 5.79. The Morgan fingerprint density at radius 3 is 2.58 bits per heavy atom. The molecule has 142 valence electrons. The highest BCUT2D eigenvalue weighted by atomic mass is 16.6. The summed E-state index contributed by atoms with van der Waals surface area (Å²) in [5.41, 5.74) is 0.592. The Balaban J connectivity index is 1.50. The van der Waals surface area contributed by atoms with Crippen molar-refractivity contribution in [3.05, 3.63) is 24.3 Å². The number of fused-ring (bicyclic) bond motifs is 1. The van der Waals surface area contributed by atoms with Crippen LogP contribution in [0.15, 0.2) is 24.3 Å². The molecule has 2 saturated heterocycles. The Labute approximate surface area is 151 Å². The third kappa shape index (κ3) is 4.17. The van der Waals surface area contributed by atoms with E-state index < -0.39 is 18.3 Å². The van der Waals surface area contributed by atoms with Crippen LogP contribution in [0.4, 0.5) is 15.3 Å². The van der Waals surface area contributed by atoms with E-state index >= 15 is 0 Å². The minimum atomic E-state index is -0.590. The topological polar surface area (TPSA) is 107 Å². The average Bonchev–Trinajstić information content (AvgIpc) is 3.20. The van der Waals surface area contributed by atoms with Gasteiger partial charge in [-0.2, -0.15) is 0 Å². The standard InChI is InChI=1S/C17H23N3O6/c1-3-18-16(21)20-12-8-24-15-13(9-25-14(12)15)26-17(22)19-10-4-6-11(23-2)7-5-10/h4-7,12-15H,3,8-9H2,1-2H3,(H,19,22)(H2,18,20,21)/t12-,13+,14+,15+/m0/s1. The van der Waals surface area contributed by atoms with Gasteiger partial charge in [-0.1, -0.05) is 0 Å². The summed E-state index contributed by atoms with van der Waals surface area (Å²) in [5.74, 6) is 0.695. The number of carbonyl (C=O) groups is 2. The molecule has 0 saturated carbocycles. The zero-order valence-corrected chi connectivity index (χ0v) is 14.7. The molecule has 9 heteroatoms. The van der Waals surface area contributed by atoms with E-state index in [-0.39, 0.29) is 24.8 Å². The molecule has 2 fully saturated rings. The molecule has 26 heavy (non-hydrogen) atoms. The second kappa shape index (κ2) is 8.24. The van der Waals surface area contributed by atoms with E-state index in [1.807, 2.05) is 6.92 Å². The van der Waals surface area contributed by atoms with Crippen LogP contribution in [0.3, 0.4) is 0 Å². The molecule has 1 aromatic carbocycles. The first kappa shape index (κ1) is 18.3. The summed E-state index contributed by atoms with van der Waals surface area (Å²) < 4.78 is 21.8. The van der Waals surface area contributed by atoms with E-state index in [1.54, 1.807) is 31.4 Å². The van der Waals surface area contributed by atoms with Crippen LogP contribution in [0, 0.1) is 0 Å². The van der Waals surface area contributed by atoms with Crippen LogP contribution in [-0.4, -0.2) is 63.3 Å². The van der Waals surface area contributed by atoms with Gasteiger partial charge in [-0.15, -0.1) is 0 Å². The predicted octanol–water partition coefficient (Wildman–Crippen LogP) is 1.10. The lowest BCUT2D eigenvalue weighted by molar-refractivity contribution is 0.00872. The van der Waals surface area contributed by atoms with Crippen molar-refractivity contribution in [2.45, 2.75) is 31.3 Å². The number of urea groups is 1. The molecule has 2 heterocycles. The number of hydrogen-bond acceptors (Lipinski definition) is 6. The van der Waals surface area contributed by atoms with Crippen molar-refractivity contribution < 1.29 is 28.5 Å². The van der Waals surface area contributed by atoms with Crippen LogP contribution < -0.4 is 20.7 Å². The molecule has 0 spiro atoms. The fourth-order valence-corrected chi connectivity index (χ4v) is 3.03. The van der Waals surface area contributed by atoms with Crippen LogP contribution in [0.2, 0.25) is 0 Å². The molecule has 9 nitrogen and oxygen atoms in total. The first-order valence-corrected chi connectivity index (χ1v) is 8.50. The van der Waals surface area contributed by atoms with Gasteiger partial charge in [0, 0.05) is 12.2 Å².